The van der Waals surface area contributed by atoms with Crippen molar-refractivity contribution in [3.05, 3.63) is 0 Å². The number of unbranched alkanes of at least 4 members (excludes halogenated alkanes) is 53. The normalized spacial score (nSPS) is 15.5. The lowest BCUT2D eigenvalue weighted by molar-refractivity contribution is -0.135. The lowest BCUT2D eigenvalue weighted by atomic mass is 10.0. The number of piperazine rings is 1. The average Bonchev–Trinajstić information content (AvgIpc) is 0.849. The second-order valence-electron chi connectivity index (χ2n) is 31.4. The maximum absolute atomic E-state index is 13.4. The fourth-order valence-corrected chi connectivity index (χ4v) is 16.3. The highest BCUT2D eigenvalue weighted by atomic mass is 32.2. The van der Waals surface area contributed by atoms with Crippen LogP contribution < -0.4 is 10.6 Å². The van der Waals surface area contributed by atoms with Crippen molar-refractivity contribution in [2.24, 2.45) is 0 Å². The van der Waals surface area contributed by atoms with Crippen LogP contribution in [0.15, 0.2) is 0 Å². The highest BCUT2D eigenvalue weighted by Crippen LogP contribution is 2.22. The minimum absolute atomic E-state index is 0.0359. The molecule has 0 radical (unpaired) electrons. The van der Waals surface area contributed by atoms with Crippen molar-refractivity contribution in [1.82, 2.24) is 20.4 Å². The van der Waals surface area contributed by atoms with Crippen molar-refractivity contribution in [2.75, 3.05) is 50.8 Å². The summed E-state index contributed by atoms with van der Waals surface area (Å²) in [5, 5.41) is 50.4. The lowest BCUT2D eigenvalue weighted by Crippen LogP contribution is -2.63. The molecule has 1 saturated heterocycles. The van der Waals surface area contributed by atoms with Gasteiger partial charge in [0.15, 0.2) is 10.2 Å². The van der Waals surface area contributed by atoms with Crippen LogP contribution in [0, 0.1) is 0 Å². The summed E-state index contributed by atoms with van der Waals surface area (Å²) in [4.78, 5) is 57.5. The van der Waals surface area contributed by atoms with Crippen molar-refractivity contribution < 1.29 is 39.6 Å². The van der Waals surface area contributed by atoms with Crippen molar-refractivity contribution >= 4 is 45.6 Å². The Bertz CT molecular complexity index is 1710. The summed E-state index contributed by atoms with van der Waals surface area (Å²) in [6.45, 7) is 12.0. The first-order valence-electron chi connectivity index (χ1n) is 44.0. The van der Waals surface area contributed by atoms with E-state index in [2.05, 4.69) is 48.1 Å². The van der Waals surface area contributed by atoms with Gasteiger partial charge in [0.25, 0.3) is 0 Å². The predicted molar refractivity (Wildman–Crippen MR) is 434 cm³/mol. The molecule has 0 aromatic rings. The molecule has 0 aromatic carbocycles. The van der Waals surface area contributed by atoms with Crippen LogP contribution in [-0.2, 0) is 19.2 Å². The molecule has 12 nitrogen and oxygen atoms in total. The minimum Gasteiger partial charge on any atom is -0.392 e. The van der Waals surface area contributed by atoms with Crippen LogP contribution in [-0.4, -0.2) is 140 Å². The molecule has 1 aliphatic heterocycles. The Labute approximate surface area is 627 Å². The van der Waals surface area contributed by atoms with Crippen LogP contribution in [0.3, 0.4) is 0 Å². The third-order valence-corrected chi connectivity index (χ3v) is 23.3. The van der Waals surface area contributed by atoms with Gasteiger partial charge in [0.05, 0.1) is 24.4 Å². The molecule has 592 valence electrons. The number of rotatable bonds is 80. The van der Waals surface area contributed by atoms with Gasteiger partial charge in [-0.2, -0.15) is 0 Å². The quantitative estimate of drug-likeness (QED) is 0.0318. The minimum atomic E-state index is -0.869. The number of thioether (sulfide) groups is 2. The molecule has 0 saturated carbocycles. The maximum Gasteiger partial charge on any atom is 0.244 e. The van der Waals surface area contributed by atoms with Crippen molar-refractivity contribution in [3.63, 3.8) is 0 Å². The van der Waals surface area contributed by atoms with Crippen LogP contribution in [0.1, 0.15) is 439 Å². The maximum atomic E-state index is 13.4. The number of nitrogens with zero attached hydrogens (tertiary/aromatic N) is 2. The van der Waals surface area contributed by atoms with Crippen LogP contribution in [0.2, 0.25) is 0 Å². The van der Waals surface area contributed by atoms with E-state index in [-0.39, 0.29) is 40.0 Å². The number of hydrogen-bond acceptors (Lipinski definition) is 12. The molecular formula is C86H168N4O8S2. The van der Waals surface area contributed by atoms with Crippen molar-refractivity contribution in [2.45, 2.75) is 475 Å². The van der Waals surface area contributed by atoms with Gasteiger partial charge in [-0.1, -0.05) is 411 Å². The second-order valence-corrected chi connectivity index (χ2v) is 33.5. The van der Waals surface area contributed by atoms with Gasteiger partial charge in [0.2, 0.25) is 11.8 Å². The summed E-state index contributed by atoms with van der Waals surface area (Å²) in [5.74, 6) is -0.496. The smallest absolute Gasteiger partial charge is 0.244 e. The SMILES string of the molecule is CCCCCCCCCCCCCCCCC(O)CN(CCCCC(=O)SCC1NC(=O)C(CSC(=O)CCN(CC(O)CCCCCCCCCCCCCCCC)CC(O)CCCCCCCCCCCCCCCC)NC1=O)CC(O)CCCCCCCCCCCCCCCC. The van der Waals surface area contributed by atoms with Crippen LogP contribution in [0.5, 0.6) is 0 Å². The van der Waals surface area contributed by atoms with Crippen LogP contribution >= 0.6 is 23.5 Å². The second kappa shape index (κ2) is 74.6. The fourth-order valence-electron chi connectivity index (χ4n) is 14.6. The van der Waals surface area contributed by atoms with E-state index in [9.17, 15) is 39.6 Å². The molecule has 6 unspecified atom stereocenters. The monoisotopic (exact) mass is 1450 g/mol. The number of nitrogens with one attached hydrogen (secondary N) is 2. The van der Waals surface area contributed by atoms with Gasteiger partial charge in [-0.3, -0.25) is 29.0 Å². The zero-order valence-corrected chi connectivity index (χ0v) is 68.1. The Morgan fingerprint density at radius 1 is 0.290 bits per heavy atom. The van der Waals surface area contributed by atoms with E-state index >= 15 is 0 Å². The Hall–Kier alpha value is -1.26. The van der Waals surface area contributed by atoms with E-state index in [1.807, 2.05) is 0 Å². The third-order valence-electron chi connectivity index (χ3n) is 21.3. The third kappa shape index (κ3) is 65.1. The first-order chi connectivity index (χ1) is 48.9. The summed E-state index contributed by atoms with van der Waals surface area (Å²) in [5.41, 5.74) is 0. The first kappa shape index (κ1) is 96.8. The molecular weight excluding hydrogens is 1280 g/mol. The zero-order valence-electron chi connectivity index (χ0n) is 66.5. The number of aliphatic hydroxyl groups excluding tert-OH is 4. The van der Waals surface area contributed by atoms with E-state index in [1.54, 1.807) is 0 Å². The Kier molecular flexibility index (Phi) is 72.2. The Morgan fingerprint density at radius 3 is 0.720 bits per heavy atom. The fraction of sp³-hybridized carbons (Fsp3) is 0.953. The van der Waals surface area contributed by atoms with E-state index in [1.165, 1.54) is 308 Å². The molecule has 6 N–H and O–H groups in total. The molecule has 0 spiro atoms. The molecule has 1 rings (SSSR count). The number of amides is 2. The molecule has 0 bridgehead atoms. The van der Waals surface area contributed by atoms with Gasteiger partial charge < -0.3 is 31.1 Å². The van der Waals surface area contributed by atoms with E-state index < -0.39 is 36.5 Å². The highest BCUT2D eigenvalue weighted by molar-refractivity contribution is 8.13. The van der Waals surface area contributed by atoms with Crippen molar-refractivity contribution in [3.8, 4) is 0 Å². The van der Waals surface area contributed by atoms with Crippen LogP contribution in [0.25, 0.3) is 0 Å². The van der Waals surface area contributed by atoms with Gasteiger partial charge in [0.1, 0.15) is 12.1 Å². The summed E-state index contributed by atoms with van der Waals surface area (Å²) in [7, 11) is 0. The Balaban J connectivity index is 2.61. The highest BCUT2D eigenvalue weighted by Gasteiger charge is 2.34. The number of hydrogen-bond donors (Lipinski definition) is 6. The lowest BCUT2D eigenvalue weighted by Gasteiger charge is -2.29. The summed E-state index contributed by atoms with van der Waals surface area (Å²) < 4.78 is 0. The largest absolute Gasteiger partial charge is 0.392 e. The molecule has 0 aromatic heterocycles. The number of aliphatic hydroxyl groups is 4. The molecule has 6 atom stereocenters. The standard InChI is InChI=1S/C86H168N4O8S2/c1-5-9-13-17-21-25-29-33-37-41-45-49-53-57-63-77(91)71-89(72-78(92)64-58-54-50-46-42-38-34-30-26-22-18-14-10-6-2)69-62-61-67-83(95)99-75-81-85(97)88-82(86(98)87-81)76-100-84(96)68-70-90(73-79(93)65-59-55-51-47-43-39-35-31-27-23-19-15-11-7-3)74-80(94)66-60-56-52-48-44-40-36-32-28-24-20-16-12-8-4/h77-82,91-94H,5-76H2,1-4H3,(H,87,98)(H,88,97). The molecule has 100 heavy (non-hydrogen) atoms. The van der Waals surface area contributed by atoms with E-state index in [4.69, 9.17) is 0 Å². The number of carbonyl (C=O) groups excluding carboxylic acids is 4. The average molecular weight is 1450 g/mol. The van der Waals surface area contributed by atoms with Gasteiger partial charge in [-0.25, -0.2) is 0 Å². The van der Waals surface area contributed by atoms with Crippen molar-refractivity contribution in [1.29, 1.82) is 0 Å². The Morgan fingerprint density at radius 2 is 0.490 bits per heavy atom. The van der Waals surface area contributed by atoms with E-state index in [0.29, 0.717) is 65.0 Å². The first-order valence-corrected chi connectivity index (χ1v) is 46.0. The molecule has 1 aliphatic rings. The zero-order chi connectivity index (χ0) is 72.7. The topological polar surface area (TPSA) is 180 Å². The van der Waals surface area contributed by atoms with E-state index in [0.717, 1.165) is 94.2 Å². The molecule has 2 amide bonds. The van der Waals surface area contributed by atoms with Gasteiger partial charge in [0, 0.05) is 57.1 Å². The number of carbonyl (C=O) groups is 4. The van der Waals surface area contributed by atoms with Gasteiger partial charge in [-0.15, -0.1) is 0 Å². The van der Waals surface area contributed by atoms with Gasteiger partial charge >= 0.3 is 0 Å². The predicted octanol–water partition coefficient (Wildman–Crippen LogP) is 22.6. The molecule has 1 fully saturated rings. The molecule has 14 heteroatoms. The summed E-state index contributed by atoms with van der Waals surface area (Å²) in [6, 6.07) is -1.72. The molecule has 1 heterocycles. The van der Waals surface area contributed by atoms with Crippen LogP contribution in [0.4, 0.5) is 0 Å². The molecule has 0 aliphatic carbocycles. The summed E-state index contributed by atoms with van der Waals surface area (Å²) >= 11 is 2.10. The summed E-state index contributed by atoms with van der Waals surface area (Å²) in [6.07, 6.45) is 75.4. The van der Waals surface area contributed by atoms with Gasteiger partial charge in [-0.05, 0) is 45.1 Å².